The van der Waals surface area contributed by atoms with Crippen LogP contribution in [0.25, 0.3) is 0 Å². The highest BCUT2D eigenvalue weighted by atomic mass is 16.2. The van der Waals surface area contributed by atoms with E-state index in [9.17, 15) is 9.59 Å². The number of hydrogen-bond donors (Lipinski definition) is 3. The maximum absolute atomic E-state index is 12.2. The van der Waals surface area contributed by atoms with Crippen LogP contribution >= 0.6 is 0 Å². The van der Waals surface area contributed by atoms with E-state index in [2.05, 4.69) is 10.6 Å². The molecule has 2 amide bonds. The van der Waals surface area contributed by atoms with Crippen molar-refractivity contribution in [3.05, 3.63) is 53.6 Å². The number of carbonyl (C=O) groups is 2. The summed E-state index contributed by atoms with van der Waals surface area (Å²) < 4.78 is 0. The summed E-state index contributed by atoms with van der Waals surface area (Å²) in [5.41, 5.74) is 8.92. The third-order valence-corrected chi connectivity index (χ3v) is 2.94. The average Bonchev–Trinajstić information content (AvgIpc) is 2.37. The maximum Gasteiger partial charge on any atom is 0.255 e. The number of benzene rings is 2. The Morgan fingerprint density at radius 2 is 1.67 bits per heavy atom. The number of rotatable bonds is 3. The Kier molecular flexibility index (Phi) is 4.23. The first kappa shape index (κ1) is 14.6. The second kappa shape index (κ2) is 6.09. The third-order valence-electron chi connectivity index (χ3n) is 2.94. The van der Waals surface area contributed by atoms with Gasteiger partial charge < -0.3 is 16.4 Å². The molecule has 0 saturated carbocycles. The van der Waals surface area contributed by atoms with Crippen LogP contribution in [-0.2, 0) is 4.79 Å². The van der Waals surface area contributed by atoms with Gasteiger partial charge in [0.1, 0.15) is 0 Å². The number of hydrogen-bond acceptors (Lipinski definition) is 3. The van der Waals surface area contributed by atoms with Gasteiger partial charge in [-0.25, -0.2) is 0 Å². The van der Waals surface area contributed by atoms with Gasteiger partial charge in [0, 0.05) is 29.5 Å². The monoisotopic (exact) mass is 283 g/mol. The molecule has 0 bridgehead atoms. The van der Waals surface area contributed by atoms with Gasteiger partial charge in [0.2, 0.25) is 5.91 Å². The Morgan fingerprint density at radius 3 is 2.29 bits per heavy atom. The molecule has 0 saturated heterocycles. The number of amides is 2. The maximum atomic E-state index is 12.2. The van der Waals surface area contributed by atoms with Crippen LogP contribution in [0.2, 0.25) is 0 Å². The number of carbonyl (C=O) groups excluding carboxylic acids is 2. The SMILES string of the molecule is CC(=O)Nc1cccc(NC(=O)c2ccc(N)cc2C)c1. The number of aryl methyl sites for hydroxylation is 1. The molecule has 21 heavy (non-hydrogen) atoms. The fraction of sp³-hybridized carbons (Fsp3) is 0.125. The molecule has 5 heteroatoms. The van der Waals surface area contributed by atoms with Gasteiger partial charge in [0.05, 0.1) is 0 Å². The second-order valence-electron chi connectivity index (χ2n) is 4.79. The summed E-state index contributed by atoms with van der Waals surface area (Å²) in [5.74, 6) is -0.375. The van der Waals surface area contributed by atoms with E-state index in [-0.39, 0.29) is 11.8 Å². The van der Waals surface area contributed by atoms with Gasteiger partial charge in [-0.3, -0.25) is 9.59 Å². The van der Waals surface area contributed by atoms with E-state index in [0.717, 1.165) is 5.56 Å². The van der Waals surface area contributed by atoms with E-state index in [1.165, 1.54) is 6.92 Å². The number of anilines is 3. The van der Waals surface area contributed by atoms with Crippen molar-refractivity contribution in [3.63, 3.8) is 0 Å². The molecule has 0 aliphatic heterocycles. The molecule has 0 radical (unpaired) electrons. The molecule has 0 fully saturated rings. The van der Waals surface area contributed by atoms with Crippen molar-refractivity contribution in [3.8, 4) is 0 Å². The molecule has 0 heterocycles. The van der Waals surface area contributed by atoms with Crippen molar-refractivity contribution in [1.29, 1.82) is 0 Å². The second-order valence-corrected chi connectivity index (χ2v) is 4.79. The topological polar surface area (TPSA) is 84.2 Å². The minimum Gasteiger partial charge on any atom is -0.399 e. The predicted molar refractivity (Wildman–Crippen MR) is 84.3 cm³/mol. The summed E-state index contributed by atoms with van der Waals surface area (Å²) in [6, 6.07) is 12.1. The van der Waals surface area contributed by atoms with Crippen LogP contribution in [0.5, 0.6) is 0 Å². The molecule has 108 valence electrons. The molecular formula is C16H17N3O2. The first-order valence-corrected chi connectivity index (χ1v) is 6.51. The zero-order chi connectivity index (χ0) is 15.4. The van der Waals surface area contributed by atoms with Crippen LogP contribution in [0.3, 0.4) is 0 Å². The number of nitrogen functional groups attached to an aromatic ring is 1. The molecule has 5 nitrogen and oxygen atoms in total. The van der Waals surface area contributed by atoms with Crippen LogP contribution in [0.15, 0.2) is 42.5 Å². The molecule has 2 rings (SSSR count). The smallest absolute Gasteiger partial charge is 0.255 e. The Hall–Kier alpha value is -2.82. The van der Waals surface area contributed by atoms with Crippen LogP contribution in [0, 0.1) is 6.92 Å². The Labute approximate surface area is 123 Å². The van der Waals surface area contributed by atoms with Gasteiger partial charge >= 0.3 is 0 Å². The molecule has 0 aliphatic rings. The lowest BCUT2D eigenvalue weighted by atomic mass is 10.1. The zero-order valence-corrected chi connectivity index (χ0v) is 11.9. The molecular weight excluding hydrogens is 266 g/mol. The standard InChI is InChI=1S/C16H17N3O2/c1-10-8-12(17)6-7-15(10)16(21)19-14-5-3-4-13(9-14)18-11(2)20/h3-9H,17H2,1-2H3,(H,18,20)(H,19,21). The van der Waals surface area contributed by atoms with Gasteiger partial charge in [-0.05, 0) is 48.9 Å². The third kappa shape index (κ3) is 3.82. The molecule has 2 aromatic carbocycles. The summed E-state index contributed by atoms with van der Waals surface area (Å²) in [4.78, 5) is 23.3. The summed E-state index contributed by atoms with van der Waals surface area (Å²) in [6.45, 7) is 3.27. The van der Waals surface area contributed by atoms with Crippen molar-refractivity contribution in [2.45, 2.75) is 13.8 Å². The summed E-state index contributed by atoms with van der Waals surface area (Å²) in [7, 11) is 0. The number of nitrogens with one attached hydrogen (secondary N) is 2. The fourth-order valence-electron chi connectivity index (χ4n) is 2.02. The summed E-state index contributed by atoms with van der Waals surface area (Å²) >= 11 is 0. The molecule has 0 atom stereocenters. The highest BCUT2D eigenvalue weighted by Crippen LogP contribution is 2.18. The first-order valence-electron chi connectivity index (χ1n) is 6.51. The largest absolute Gasteiger partial charge is 0.399 e. The predicted octanol–water partition coefficient (Wildman–Crippen LogP) is 2.79. The summed E-state index contributed by atoms with van der Waals surface area (Å²) in [5, 5.41) is 5.47. The lowest BCUT2D eigenvalue weighted by Gasteiger charge is -2.10. The molecule has 4 N–H and O–H groups in total. The van der Waals surface area contributed by atoms with Gasteiger partial charge in [-0.2, -0.15) is 0 Å². The van der Waals surface area contributed by atoms with Crippen molar-refractivity contribution in [1.82, 2.24) is 0 Å². The summed E-state index contributed by atoms with van der Waals surface area (Å²) in [6.07, 6.45) is 0. The van der Waals surface area contributed by atoms with E-state index in [1.807, 2.05) is 6.92 Å². The lowest BCUT2D eigenvalue weighted by molar-refractivity contribution is -0.114. The van der Waals surface area contributed by atoms with Gasteiger partial charge in [0.25, 0.3) is 5.91 Å². The van der Waals surface area contributed by atoms with Crippen molar-refractivity contribution >= 4 is 28.9 Å². The molecule has 0 spiro atoms. The van der Waals surface area contributed by atoms with Crippen molar-refractivity contribution in [2.75, 3.05) is 16.4 Å². The Balaban J connectivity index is 2.17. The first-order chi connectivity index (χ1) is 9.95. The van der Waals surface area contributed by atoms with Crippen molar-refractivity contribution in [2.24, 2.45) is 0 Å². The van der Waals surface area contributed by atoms with E-state index in [4.69, 9.17) is 5.73 Å². The van der Waals surface area contributed by atoms with Crippen LogP contribution in [-0.4, -0.2) is 11.8 Å². The quantitative estimate of drug-likeness (QED) is 0.757. The minimum absolute atomic E-state index is 0.159. The van der Waals surface area contributed by atoms with Gasteiger partial charge in [-0.1, -0.05) is 6.07 Å². The molecule has 2 aromatic rings. The molecule has 0 aromatic heterocycles. The Morgan fingerprint density at radius 1 is 1.00 bits per heavy atom. The van der Waals surface area contributed by atoms with E-state index >= 15 is 0 Å². The lowest BCUT2D eigenvalue weighted by Crippen LogP contribution is -2.14. The average molecular weight is 283 g/mol. The molecule has 0 unspecified atom stereocenters. The van der Waals surface area contributed by atoms with E-state index in [0.29, 0.717) is 22.6 Å². The van der Waals surface area contributed by atoms with Gasteiger partial charge in [0.15, 0.2) is 0 Å². The minimum atomic E-state index is -0.215. The highest BCUT2D eigenvalue weighted by molar-refractivity contribution is 6.05. The Bertz CT molecular complexity index is 696. The van der Waals surface area contributed by atoms with Gasteiger partial charge in [-0.15, -0.1) is 0 Å². The highest BCUT2D eigenvalue weighted by Gasteiger charge is 2.09. The van der Waals surface area contributed by atoms with E-state index in [1.54, 1.807) is 42.5 Å². The van der Waals surface area contributed by atoms with Crippen molar-refractivity contribution < 1.29 is 9.59 Å². The van der Waals surface area contributed by atoms with Crippen LogP contribution in [0.1, 0.15) is 22.8 Å². The fourth-order valence-corrected chi connectivity index (χ4v) is 2.02. The number of nitrogens with two attached hydrogens (primary N) is 1. The van der Waals surface area contributed by atoms with E-state index < -0.39 is 0 Å². The molecule has 0 aliphatic carbocycles. The van der Waals surface area contributed by atoms with Crippen LogP contribution < -0.4 is 16.4 Å². The van der Waals surface area contributed by atoms with Crippen LogP contribution in [0.4, 0.5) is 17.1 Å². The normalized spacial score (nSPS) is 10.0. The zero-order valence-electron chi connectivity index (χ0n) is 11.9.